The molecular weight excluding hydrogens is 400 g/mol. The number of sulfonamides is 1. The van der Waals surface area contributed by atoms with Gasteiger partial charge in [-0.2, -0.15) is 9.57 Å². The summed E-state index contributed by atoms with van der Waals surface area (Å²) in [5.41, 5.74) is 0.157. The van der Waals surface area contributed by atoms with Gasteiger partial charge >= 0.3 is 0 Å². The molecule has 1 aromatic rings. The van der Waals surface area contributed by atoms with Crippen LogP contribution in [-0.4, -0.2) is 64.7 Å². The second kappa shape index (κ2) is 6.60. The van der Waals surface area contributed by atoms with Crippen LogP contribution in [0.2, 0.25) is 0 Å². The van der Waals surface area contributed by atoms with E-state index in [0.29, 0.717) is 0 Å². The van der Waals surface area contributed by atoms with E-state index in [1.165, 1.54) is 24.3 Å². The van der Waals surface area contributed by atoms with Gasteiger partial charge < -0.3 is 0 Å². The molecular formula is C15H18N2O6S3. The second-order valence-corrected chi connectivity index (χ2v) is 12.9. The van der Waals surface area contributed by atoms with E-state index in [-0.39, 0.29) is 46.3 Å². The molecule has 26 heavy (non-hydrogen) atoms. The van der Waals surface area contributed by atoms with Crippen LogP contribution in [0.25, 0.3) is 0 Å². The minimum Gasteiger partial charge on any atom is -0.229 e. The molecule has 0 amide bonds. The molecule has 2 aliphatic heterocycles. The molecule has 2 heterocycles. The van der Waals surface area contributed by atoms with E-state index in [9.17, 15) is 25.3 Å². The molecule has 0 saturated carbocycles. The van der Waals surface area contributed by atoms with Gasteiger partial charge in [0, 0.05) is 12.1 Å². The Labute approximate surface area is 153 Å². The van der Waals surface area contributed by atoms with Crippen molar-refractivity contribution in [1.82, 2.24) is 4.31 Å². The minimum absolute atomic E-state index is 0.124. The highest BCUT2D eigenvalue weighted by Gasteiger charge is 2.46. The van der Waals surface area contributed by atoms with E-state index in [4.69, 9.17) is 5.26 Å². The second-order valence-electron chi connectivity index (χ2n) is 6.59. The molecule has 2 saturated heterocycles. The van der Waals surface area contributed by atoms with Crippen LogP contribution in [0, 0.1) is 11.3 Å². The molecule has 142 valence electrons. The van der Waals surface area contributed by atoms with Gasteiger partial charge in [-0.25, -0.2) is 25.3 Å². The quantitative estimate of drug-likeness (QED) is 0.669. The zero-order valence-corrected chi connectivity index (χ0v) is 16.2. The van der Waals surface area contributed by atoms with Crippen LogP contribution < -0.4 is 0 Å². The van der Waals surface area contributed by atoms with Gasteiger partial charge in [0.25, 0.3) is 0 Å². The summed E-state index contributed by atoms with van der Waals surface area (Å²) in [4.78, 5) is -0.134. The van der Waals surface area contributed by atoms with E-state index in [1.807, 2.05) is 6.07 Å². The lowest BCUT2D eigenvalue weighted by Gasteiger charge is -2.32. The summed E-state index contributed by atoms with van der Waals surface area (Å²) in [5.74, 6) is -0.885. The van der Waals surface area contributed by atoms with Crippen molar-refractivity contribution in [3.63, 3.8) is 0 Å². The van der Waals surface area contributed by atoms with Crippen molar-refractivity contribution >= 4 is 29.7 Å². The number of hydrogen-bond donors (Lipinski definition) is 0. The number of sulfone groups is 2. The Hall–Kier alpha value is -1.48. The maximum atomic E-state index is 13.2. The summed E-state index contributed by atoms with van der Waals surface area (Å²) in [6, 6.07) is 5.71. The average Bonchev–Trinajstić information content (AvgIpc) is 3.09. The highest BCUT2D eigenvalue weighted by atomic mass is 32.2. The fraction of sp³-hybridized carbons (Fsp3) is 0.533. The van der Waals surface area contributed by atoms with Crippen molar-refractivity contribution in [2.75, 3.05) is 23.0 Å². The largest absolute Gasteiger partial charge is 0.243 e. The van der Waals surface area contributed by atoms with Crippen LogP contribution in [0.15, 0.2) is 29.2 Å². The monoisotopic (exact) mass is 418 g/mol. The highest BCUT2D eigenvalue weighted by molar-refractivity contribution is 7.92. The maximum absolute atomic E-state index is 13.2. The minimum atomic E-state index is -4.15. The third-order valence-electron chi connectivity index (χ3n) is 4.68. The van der Waals surface area contributed by atoms with Crippen molar-refractivity contribution in [3.05, 3.63) is 29.8 Å². The first-order valence-corrected chi connectivity index (χ1v) is 13.1. The van der Waals surface area contributed by atoms with Gasteiger partial charge in [-0.05, 0) is 31.0 Å². The van der Waals surface area contributed by atoms with Gasteiger partial charge in [0.15, 0.2) is 19.7 Å². The van der Waals surface area contributed by atoms with E-state index in [2.05, 4.69) is 0 Å². The molecule has 11 heteroatoms. The van der Waals surface area contributed by atoms with Crippen molar-refractivity contribution in [3.8, 4) is 6.07 Å². The van der Waals surface area contributed by atoms with E-state index >= 15 is 0 Å². The van der Waals surface area contributed by atoms with Gasteiger partial charge in [0.1, 0.15) is 0 Å². The van der Waals surface area contributed by atoms with E-state index < -0.39 is 41.8 Å². The van der Waals surface area contributed by atoms with Gasteiger partial charge in [0.05, 0.1) is 39.5 Å². The van der Waals surface area contributed by atoms with Crippen LogP contribution in [0.3, 0.4) is 0 Å². The van der Waals surface area contributed by atoms with E-state index in [0.717, 1.165) is 4.31 Å². The SMILES string of the molecule is N#Cc1cccc(S(=O)(=O)N([C@@H]2CCS(=O)(=O)C2)[C@H]2CCS(=O)(=O)C2)c1. The number of hydrogen-bond acceptors (Lipinski definition) is 7. The molecule has 0 aromatic heterocycles. The van der Waals surface area contributed by atoms with Crippen LogP contribution >= 0.6 is 0 Å². The lowest BCUT2D eigenvalue weighted by atomic mass is 10.2. The van der Waals surface area contributed by atoms with Crippen molar-refractivity contribution in [2.24, 2.45) is 0 Å². The Morgan fingerprint density at radius 1 is 1.00 bits per heavy atom. The third-order valence-corrected chi connectivity index (χ3v) is 10.2. The van der Waals surface area contributed by atoms with Gasteiger partial charge in [-0.3, -0.25) is 0 Å². The summed E-state index contributed by atoms with van der Waals surface area (Å²) < 4.78 is 75.0. The molecule has 3 rings (SSSR count). The molecule has 2 atom stereocenters. The zero-order valence-electron chi connectivity index (χ0n) is 13.8. The number of nitrogens with zero attached hydrogens (tertiary/aromatic N) is 2. The number of nitriles is 1. The number of benzene rings is 1. The van der Waals surface area contributed by atoms with Crippen LogP contribution in [-0.2, 0) is 29.7 Å². The standard InChI is InChI=1S/C15H18N2O6S3/c16-9-12-2-1-3-15(8-12)26(22,23)17(13-4-6-24(18,19)10-13)14-5-7-25(20,21)11-14/h1-3,8,13-14H,4-7,10-11H2/t13-,14+. The van der Waals surface area contributed by atoms with Gasteiger partial charge in [-0.1, -0.05) is 6.07 Å². The van der Waals surface area contributed by atoms with Crippen LogP contribution in [0.5, 0.6) is 0 Å². The summed E-state index contributed by atoms with van der Waals surface area (Å²) in [7, 11) is -10.9. The third kappa shape index (κ3) is 3.78. The summed E-state index contributed by atoms with van der Waals surface area (Å²) in [5, 5.41) is 9.01. The van der Waals surface area contributed by atoms with Crippen LogP contribution in [0.4, 0.5) is 0 Å². The lowest BCUT2D eigenvalue weighted by molar-refractivity contribution is 0.280. The van der Waals surface area contributed by atoms with E-state index in [1.54, 1.807) is 0 Å². The maximum Gasteiger partial charge on any atom is 0.243 e. The lowest BCUT2D eigenvalue weighted by Crippen LogP contribution is -2.48. The molecule has 0 aliphatic carbocycles. The van der Waals surface area contributed by atoms with Crippen molar-refractivity contribution < 1.29 is 25.3 Å². The molecule has 0 bridgehead atoms. The Bertz CT molecular complexity index is 1030. The fourth-order valence-electron chi connectivity index (χ4n) is 3.49. The molecule has 0 N–H and O–H groups in total. The fourth-order valence-corrected chi connectivity index (χ4v) is 9.02. The molecule has 8 nitrogen and oxygen atoms in total. The molecule has 0 unspecified atom stereocenters. The first kappa shape index (κ1) is 19.3. The first-order chi connectivity index (χ1) is 12.0. The summed E-state index contributed by atoms with van der Waals surface area (Å²) in [6.07, 6.45) is 0.270. The molecule has 2 fully saturated rings. The van der Waals surface area contributed by atoms with Crippen molar-refractivity contribution in [2.45, 2.75) is 29.8 Å². The Balaban J connectivity index is 2.06. The van der Waals surface area contributed by atoms with Crippen molar-refractivity contribution in [1.29, 1.82) is 5.26 Å². The average molecular weight is 419 g/mol. The first-order valence-electron chi connectivity index (χ1n) is 7.99. The Morgan fingerprint density at radius 3 is 1.96 bits per heavy atom. The molecule has 0 radical (unpaired) electrons. The Kier molecular flexibility index (Phi) is 4.89. The summed E-state index contributed by atoms with van der Waals surface area (Å²) in [6.45, 7) is 0. The predicted octanol–water partition coefficient (Wildman–Crippen LogP) is -0.0768. The zero-order chi connectivity index (χ0) is 19.2. The Morgan fingerprint density at radius 2 is 1.54 bits per heavy atom. The highest BCUT2D eigenvalue weighted by Crippen LogP contribution is 2.31. The van der Waals surface area contributed by atoms with Gasteiger partial charge in [0.2, 0.25) is 10.0 Å². The predicted molar refractivity (Wildman–Crippen MR) is 94.3 cm³/mol. The molecule has 1 aromatic carbocycles. The van der Waals surface area contributed by atoms with Crippen LogP contribution in [0.1, 0.15) is 18.4 Å². The smallest absolute Gasteiger partial charge is 0.229 e. The molecule has 0 spiro atoms. The number of rotatable bonds is 4. The topological polar surface area (TPSA) is 129 Å². The summed E-state index contributed by atoms with van der Waals surface area (Å²) >= 11 is 0. The normalized spacial score (nSPS) is 27.4. The molecule has 2 aliphatic rings. The van der Waals surface area contributed by atoms with Gasteiger partial charge in [-0.15, -0.1) is 0 Å².